The smallest absolute Gasteiger partial charge is 0.290 e. The van der Waals surface area contributed by atoms with Gasteiger partial charge in [-0.1, -0.05) is 43.2 Å². The van der Waals surface area contributed by atoms with Gasteiger partial charge in [-0.3, -0.25) is 9.59 Å². The first kappa shape index (κ1) is 27.1. The summed E-state index contributed by atoms with van der Waals surface area (Å²) in [6.45, 7) is 3.10. The molecule has 1 amide bonds. The number of morpholine rings is 1. The molecule has 0 unspecified atom stereocenters. The molecule has 6 rings (SSSR count). The Morgan fingerprint density at radius 1 is 0.950 bits per heavy atom. The second-order valence-electron chi connectivity index (χ2n) is 10.1. The Labute approximate surface area is 233 Å². The maximum absolute atomic E-state index is 12.6. The average molecular weight is 539 g/mol. The van der Waals surface area contributed by atoms with E-state index in [9.17, 15) is 4.79 Å². The third-order valence-corrected chi connectivity index (χ3v) is 7.59. The van der Waals surface area contributed by atoms with Crippen LogP contribution >= 0.6 is 0 Å². The van der Waals surface area contributed by atoms with Gasteiger partial charge in [-0.25, -0.2) is 4.98 Å². The Morgan fingerprint density at radius 3 is 2.35 bits per heavy atom. The SMILES string of the molecule is Nc1nc2ccc(-c3cccc(NC(=O)C4CCCC4)c3)cc2cc1-c1ccc(N2CCOCC2)cc1.O=CO. The number of nitrogens with zero attached hydrogens (tertiary/aromatic N) is 2. The lowest BCUT2D eigenvalue weighted by Gasteiger charge is -2.29. The van der Waals surface area contributed by atoms with Gasteiger partial charge < -0.3 is 25.8 Å². The van der Waals surface area contributed by atoms with E-state index in [1.807, 2.05) is 24.3 Å². The number of carboxylic acid groups (broad SMARTS) is 1. The van der Waals surface area contributed by atoms with E-state index in [0.29, 0.717) is 5.82 Å². The molecule has 8 nitrogen and oxygen atoms in total. The lowest BCUT2D eigenvalue weighted by molar-refractivity contribution is -0.123. The number of nitrogens with two attached hydrogens (primary N) is 1. The molecule has 0 atom stereocenters. The van der Waals surface area contributed by atoms with Gasteiger partial charge in [0.05, 0.1) is 18.7 Å². The fourth-order valence-electron chi connectivity index (χ4n) is 5.48. The van der Waals surface area contributed by atoms with Crippen LogP contribution in [0, 0.1) is 5.92 Å². The summed E-state index contributed by atoms with van der Waals surface area (Å²) >= 11 is 0. The van der Waals surface area contributed by atoms with Crippen molar-refractivity contribution in [3.63, 3.8) is 0 Å². The summed E-state index contributed by atoms with van der Waals surface area (Å²) in [5, 5.41) is 11.0. The van der Waals surface area contributed by atoms with Gasteiger partial charge in [0.15, 0.2) is 0 Å². The van der Waals surface area contributed by atoms with Crippen LogP contribution in [0.4, 0.5) is 17.2 Å². The number of hydrogen-bond acceptors (Lipinski definition) is 6. The van der Waals surface area contributed by atoms with Gasteiger partial charge in [0.2, 0.25) is 5.91 Å². The quantitative estimate of drug-likeness (QED) is 0.274. The number of rotatable bonds is 5. The number of amides is 1. The number of carbonyl (C=O) groups is 2. The van der Waals surface area contributed by atoms with Crippen molar-refractivity contribution in [2.75, 3.05) is 42.3 Å². The van der Waals surface area contributed by atoms with E-state index in [-0.39, 0.29) is 18.3 Å². The lowest BCUT2D eigenvalue weighted by Crippen LogP contribution is -2.36. The molecule has 8 heteroatoms. The predicted octanol–water partition coefficient (Wildman–Crippen LogP) is 5.82. The van der Waals surface area contributed by atoms with Crippen LogP contribution in [0.5, 0.6) is 0 Å². The van der Waals surface area contributed by atoms with Gasteiger partial charge in [-0.2, -0.15) is 0 Å². The molecule has 2 heterocycles. The molecule has 2 aliphatic rings. The lowest BCUT2D eigenvalue weighted by atomic mass is 9.99. The molecular weight excluding hydrogens is 504 g/mol. The molecule has 1 aromatic heterocycles. The van der Waals surface area contributed by atoms with E-state index in [1.54, 1.807) is 0 Å². The fraction of sp³-hybridized carbons (Fsp3) is 0.281. The highest BCUT2D eigenvalue weighted by molar-refractivity contribution is 5.94. The van der Waals surface area contributed by atoms with Gasteiger partial charge in [0, 0.05) is 41.3 Å². The number of nitrogens with one attached hydrogen (secondary N) is 1. The summed E-state index contributed by atoms with van der Waals surface area (Å²) in [6, 6.07) is 24.9. The van der Waals surface area contributed by atoms with Crippen LogP contribution in [0.3, 0.4) is 0 Å². The van der Waals surface area contributed by atoms with Crippen LogP contribution in [0.2, 0.25) is 0 Å². The molecule has 4 N–H and O–H groups in total. The minimum Gasteiger partial charge on any atom is -0.483 e. The summed E-state index contributed by atoms with van der Waals surface area (Å²) in [5.74, 6) is 0.801. The van der Waals surface area contributed by atoms with E-state index >= 15 is 0 Å². The highest BCUT2D eigenvalue weighted by Gasteiger charge is 2.22. The second-order valence-corrected chi connectivity index (χ2v) is 10.1. The third kappa shape index (κ3) is 6.24. The van der Waals surface area contributed by atoms with Gasteiger partial charge >= 0.3 is 0 Å². The minimum absolute atomic E-state index is 0.136. The highest BCUT2D eigenvalue weighted by Crippen LogP contribution is 2.33. The molecule has 4 aromatic rings. The average Bonchev–Trinajstić information content (AvgIpc) is 3.53. The van der Waals surface area contributed by atoms with Gasteiger partial charge in [-0.15, -0.1) is 0 Å². The van der Waals surface area contributed by atoms with Crippen molar-refractivity contribution in [3.8, 4) is 22.3 Å². The van der Waals surface area contributed by atoms with Crippen molar-refractivity contribution in [2.24, 2.45) is 5.92 Å². The number of benzene rings is 3. The zero-order valence-corrected chi connectivity index (χ0v) is 22.4. The maximum atomic E-state index is 12.6. The Kier molecular flexibility index (Phi) is 8.56. The number of ether oxygens (including phenoxy) is 1. The number of aromatic nitrogens is 1. The zero-order valence-electron chi connectivity index (χ0n) is 22.4. The standard InChI is InChI=1S/C31H32N4O2.CH2O2/c32-30-28(21-8-11-27(12-9-21)35-14-16-37-17-15-35)20-25-18-24(10-13-29(25)34-30)23-6-3-7-26(19-23)33-31(36)22-4-1-2-5-22;2-1-3/h3,6-13,18-20,22H,1-2,4-5,14-17H2,(H2,32,34)(H,33,36);1H,(H,2,3). The number of carbonyl (C=O) groups excluding carboxylic acids is 1. The van der Waals surface area contributed by atoms with Crippen molar-refractivity contribution in [3.05, 3.63) is 72.8 Å². The Balaban J connectivity index is 0.00000103. The van der Waals surface area contributed by atoms with Crippen molar-refractivity contribution in [1.29, 1.82) is 0 Å². The van der Waals surface area contributed by atoms with E-state index in [1.165, 1.54) is 5.69 Å². The summed E-state index contributed by atoms with van der Waals surface area (Å²) in [4.78, 5) is 28.0. The summed E-state index contributed by atoms with van der Waals surface area (Å²) in [5.41, 5.74) is 13.4. The predicted molar refractivity (Wildman–Crippen MR) is 159 cm³/mol. The first-order valence-electron chi connectivity index (χ1n) is 13.7. The van der Waals surface area contributed by atoms with E-state index in [4.69, 9.17) is 25.4 Å². The van der Waals surface area contributed by atoms with Crippen LogP contribution in [-0.2, 0) is 14.3 Å². The molecule has 40 heavy (non-hydrogen) atoms. The first-order chi connectivity index (χ1) is 19.6. The summed E-state index contributed by atoms with van der Waals surface area (Å²) in [7, 11) is 0. The number of fused-ring (bicyclic) bond motifs is 1. The van der Waals surface area contributed by atoms with Gasteiger partial charge in [-0.05, 0) is 72.0 Å². The van der Waals surface area contributed by atoms with E-state index < -0.39 is 0 Å². The van der Waals surface area contributed by atoms with Gasteiger partial charge in [0.1, 0.15) is 5.82 Å². The summed E-state index contributed by atoms with van der Waals surface area (Å²) in [6.07, 6.45) is 4.27. The highest BCUT2D eigenvalue weighted by atomic mass is 16.5. The fourth-order valence-corrected chi connectivity index (χ4v) is 5.48. The van der Waals surface area contributed by atoms with Crippen LogP contribution in [0.1, 0.15) is 25.7 Å². The number of pyridine rings is 1. The second kappa shape index (κ2) is 12.6. The minimum atomic E-state index is -0.250. The normalized spacial score (nSPS) is 15.3. The van der Waals surface area contributed by atoms with Crippen LogP contribution in [0.15, 0.2) is 72.8 Å². The molecule has 3 aromatic carbocycles. The van der Waals surface area contributed by atoms with Crippen LogP contribution in [-0.4, -0.2) is 48.8 Å². The molecule has 2 fully saturated rings. The van der Waals surface area contributed by atoms with E-state index in [0.717, 1.165) is 90.8 Å². The van der Waals surface area contributed by atoms with Crippen molar-refractivity contribution < 1.29 is 19.4 Å². The Morgan fingerprint density at radius 2 is 1.62 bits per heavy atom. The van der Waals surface area contributed by atoms with Crippen LogP contribution in [0.25, 0.3) is 33.2 Å². The van der Waals surface area contributed by atoms with E-state index in [2.05, 4.69) is 58.7 Å². The molecule has 206 valence electrons. The largest absolute Gasteiger partial charge is 0.483 e. The number of nitrogen functional groups attached to an aromatic ring is 1. The molecule has 0 bridgehead atoms. The molecule has 1 saturated carbocycles. The summed E-state index contributed by atoms with van der Waals surface area (Å²) < 4.78 is 5.47. The third-order valence-electron chi connectivity index (χ3n) is 7.59. The molecule has 1 aliphatic carbocycles. The van der Waals surface area contributed by atoms with Crippen LogP contribution < -0.4 is 16.0 Å². The van der Waals surface area contributed by atoms with Crippen molar-refractivity contribution >= 4 is 40.5 Å². The topological polar surface area (TPSA) is 118 Å². The molecule has 1 aliphatic heterocycles. The molecular formula is C32H34N4O4. The first-order valence-corrected chi connectivity index (χ1v) is 13.7. The van der Waals surface area contributed by atoms with Gasteiger partial charge in [0.25, 0.3) is 6.47 Å². The zero-order chi connectivity index (χ0) is 27.9. The monoisotopic (exact) mass is 538 g/mol. The Hall–Kier alpha value is -4.43. The molecule has 0 spiro atoms. The molecule has 1 saturated heterocycles. The number of hydrogen-bond donors (Lipinski definition) is 3. The van der Waals surface area contributed by atoms with Crippen molar-refractivity contribution in [2.45, 2.75) is 25.7 Å². The van der Waals surface area contributed by atoms with Crippen molar-refractivity contribution in [1.82, 2.24) is 4.98 Å². The maximum Gasteiger partial charge on any atom is 0.290 e. The Bertz CT molecular complexity index is 1480. The molecule has 0 radical (unpaired) electrons. The number of anilines is 3.